The third-order valence-electron chi connectivity index (χ3n) is 3.70. The summed E-state index contributed by atoms with van der Waals surface area (Å²) in [5.41, 5.74) is 2.44. The van der Waals surface area contributed by atoms with Crippen LogP contribution in [0.2, 0.25) is 0 Å². The smallest absolute Gasteiger partial charge is 0.128 e. The fourth-order valence-electron chi connectivity index (χ4n) is 2.49. The summed E-state index contributed by atoms with van der Waals surface area (Å²) in [6.07, 6.45) is 2.70. The van der Waals surface area contributed by atoms with Crippen LogP contribution in [0.1, 0.15) is 30.9 Å². The van der Waals surface area contributed by atoms with Crippen LogP contribution in [-0.4, -0.2) is 16.8 Å². The van der Waals surface area contributed by atoms with Crippen LogP contribution in [0.4, 0.5) is 0 Å². The van der Waals surface area contributed by atoms with Gasteiger partial charge in [-0.2, -0.15) is 0 Å². The second kappa shape index (κ2) is 3.09. The van der Waals surface area contributed by atoms with Gasteiger partial charge >= 0.3 is 0 Å². The van der Waals surface area contributed by atoms with Crippen LogP contribution >= 0.6 is 0 Å². The van der Waals surface area contributed by atoms with E-state index in [0.717, 1.165) is 23.9 Å². The van der Waals surface area contributed by atoms with E-state index in [2.05, 4.69) is 30.0 Å². The van der Waals surface area contributed by atoms with Gasteiger partial charge < -0.3 is 4.90 Å². The first-order valence-electron chi connectivity index (χ1n) is 5.71. The fourth-order valence-corrected chi connectivity index (χ4v) is 2.49. The topological polar surface area (TPSA) is 27.1 Å². The normalized spacial score (nSPS) is 21.7. The summed E-state index contributed by atoms with van der Waals surface area (Å²) in [6.45, 7) is 3.20. The number of benzene rings is 1. The van der Waals surface area contributed by atoms with Crippen molar-refractivity contribution in [2.45, 2.75) is 32.4 Å². The lowest BCUT2D eigenvalue weighted by Crippen LogP contribution is -2.34. The van der Waals surface area contributed by atoms with E-state index < -0.39 is 0 Å². The molecule has 15 heavy (non-hydrogen) atoms. The molecule has 1 fully saturated rings. The van der Waals surface area contributed by atoms with Gasteiger partial charge in [-0.3, -0.25) is 5.41 Å². The molecular weight excluding hydrogens is 184 g/mol. The van der Waals surface area contributed by atoms with E-state index in [0.29, 0.717) is 6.04 Å². The first-order chi connectivity index (χ1) is 7.27. The Labute approximate surface area is 90.4 Å². The lowest BCUT2D eigenvalue weighted by atomic mass is 10.1. The Balaban J connectivity index is 1.89. The van der Waals surface area contributed by atoms with Crippen molar-refractivity contribution in [3.8, 4) is 0 Å². The first kappa shape index (κ1) is 8.96. The SMILES string of the molecule is CC(C1CC1)N1Cc2ccccc2C1=N. The van der Waals surface area contributed by atoms with E-state index in [4.69, 9.17) is 5.41 Å². The first-order valence-corrected chi connectivity index (χ1v) is 5.71. The van der Waals surface area contributed by atoms with Crippen molar-refractivity contribution in [1.29, 1.82) is 5.41 Å². The molecule has 1 aromatic rings. The number of nitrogens with one attached hydrogen (secondary N) is 1. The minimum Gasteiger partial charge on any atom is -0.349 e. The molecule has 2 heteroatoms. The summed E-state index contributed by atoms with van der Waals surface area (Å²) < 4.78 is 0. The van der Waals surface area contributed by atoms with Crippen LogP contribution in [0.5, 0.6) is 0 Å². The van der Waals surface area contributed by atoms with Gasteiger partial charge in [0.2, 0.25) is 0 Å². The number of rotatable bonds is 2. The number of hydrogen-bond acceptors (Lipinski definition) is 1. The van der Waals surface area contributed by atoms with Gasteiger partial charge in [0.15, 0.2) is 0 Å². The molecule has 0 bridgehead atoms. The molecule has 0 spiro atoms. The highest BCUT2D eigenvalue weighted by Crippen LogP contribution is 2.38. The Morgan fingerprint density at radius 1 is 1.33 bits per heavy atom. The van der Waals surface area contributed by atoms with Crippen molar-refractivity contribution in [3.05, 3.63) is 35.4 Å². The number of nitrogens with zero attached hydrogens (tertiary/aromatic N) is 1. The van der Waals surface area contributed by atoms with Crippen molar-refractivity contribution in [1.82, 2.24) is 4.90 Å². The monoisotopic (exact) mass is 200 g/mol. The highest BCUT2D eigenvalue weighted by atomic mass is 15.2. The predicted octanol–water partition coefficient (Wildman–Crippen LogP) is 2.63. The largest absolute Gasteiger partial charge is 0.349 e. The number of amidine groups is 1. The third kappa shape index (κ3) is 1.36. The molecule has 1 atom stereocenters. The van der Waals surface area contributed by atoms with E-state index in [1.807, 2.05) is 6.07 Å². The van der Waals surface area contributed by atoms with Gasteiger partial charge in [-0.15, -0.1) is 0 Å². The Kier molecular flexibility index (Phi) is 1.84. The molecule has 0 aromatic heterocycles. The molecule has 1 saturated carbocycles. The summed E-state index contributed by atoms with van der Waals surface area (Å²) in [6, 6.07) is 8.85. The molecule has 3 rings (SSSR count). The molecule has 1 aliphatic carbocycles. The standard InChI is InChI=1S/C13H16N2/c1-9(10-6-7-10)15-8-11-4-2-3-5-12(11)13(15)14/h2-5,9-10,14H,6-8H2,1H3. The van der Waals surface area contributed by atoms with E-state index >= 15 is 0 Å². The summed E-state index contributed by atoms with van der Waals surface area (Å²) in [7, 11) is 0. The molecule has 2 aliphatic rings. The Morgan fingerprint density at radius 3 is 2.73 bits per heavy atom. The quantitative estimate of drug-likeness (QED) is 0.780. The van der Waals surface area contributed by atoms with Crippen LogP contribution in [0.25, 0.3) is 0 Å². The van der Waals surface area contributed by atoms with Crippen LogP contribution in [0.15, 0.2) is 24.3 Å². The molecule has 1 N–H and O–H groups in total. The van der Waals surface area contributed by atoms with Gasteiger partial charge in [0.25, 0.3) is 0 Å². The van der Waals surface area contributed by atoms with Crippen molar-refractivity contribution in [3.63, 3.8) is 0 Å². The molecule has 0 radical (unpaired) electrons. The summed E-state index contributed by atoms with van der Waals surface area (Å²) >= 11 is 0. The lowest BCUT2D eigenvalue weighted by Gasteiger charge is -2.25. The maximum absolute atomic E-state index is 8.17. The van der Waals surface area contributed by atoms with Gasteiger partial charge in [0.05, 0.1) is 0 Å². The second-order valence-electron chi connectivity index (χ2n) is 4.71. The minimum atomic E-state index is 0.546. The van der Waals surface area contributed by atoms with Crippen molar-refractivity contribution in [2.75, 3.05) is 0 Å². The average Bonchev–Trinajstić information content (AvgIpc) is 3.04. The summed E-state index contributed by atoms with van der Waals surface area (Å²) in [5, 5.41) is 8.17. The summed E-state index contributed by atoms with van der Waals surface area (Å²) in [5.74, 6) is 1.56. The third-order valence-corrected chi connectivity index (χ3v) is 3.70. The molecule has 1 aromatic carbocycles. The molecule has 1 heterocycles. The molecule has 1 aliphatic heterocycles. The molecular formula is C13H16N2. The van der Waals surface area contributed by atoms with Crippen LogP contribution in [0, 0.1) is 11.3 Å². The van der Waals surface area contributed by atoms with E-state index in [-0.39, 0.29) is 0 Å². The molecule has 0 saturated heterocycles. The molecule has 78 valence electrons. The number of fused-ring (bicyclic) bond motifs is 1. The zero-order valence-electron chi connectivity index (χ0n) is 9.03. The van der Waals surface area contributed by atoms with Crippen LogP contribution in [0.3, 0.4) is 0 Å². The maximum Gasteiger partial charge on any atom is 0.128 e. The van der Waals surface area contributed by atoms with Crippen LogP contribution < -0.4 is 0 Å². The average molecular weight is 200 g/mol. The Bertz CT molecular complexity index is 407. The van der Waals surface area contributed by atoms with E-state index in [9.17, 15) is 0 Å². The van der Waals surface area contributed by atoms with Crippen LogP contribution in [-0.2, 0) is 6.54 Å². The fraction of sp³-hybridized carbons (Fsp3) is 0.462. The van der Waals surface area contributed by atoms with Crippen molar-refractivity contribution < 1.29 is 0 Å². The molecule has 0 amide bonds. The lowest BCUT2D eigenvalue weighted by molar-refractivity contribution is 0.304. The van der Waals surface area contributed by atoms with Crippen molar-refractivity contribution in [2.24, 2.45) is 5.92 Å². The molecule has 2 nitrogen and oxygen atoms in total. The van der Waals surface area contributed by atoms with Gasteiger partial charge in [0, 0.05) is 18.2 Å². The zero-order chi connectivity index (χ0) is 10.4. The molecule has 1 unspecified atom stereocenters. The van der Waals surface area contributed by atoms with Gasteiger partial charge in [-0.05, 0) is 31.2 Å². The van der Waals surface area contributed by atoms with Gasteiger partial charge in [-0.25, -0.2) is 0 Å². The minimum absolute atomic E-state index is 0.546. The highest BCUT2D eigenvalue weighted by Gasteiger charge is 2.36. The van der Waals surface area contributed by atoms with Crippen molar-refractivity contribution >= 4 is 5.84 Å². The predicted molar refractivity (Wildman–Crippen MR) is 61.0 cm³/mol. The zero-order valence-corrected chi connectivity index (χ0v) is 9.03. The Hall–Kier alpha value is -1.31. The van der Waals surface area contributed by atoms with Gasteiger partial charge in [-0.1, -0.05) is 24.3 Å². The van der Waals surface area contributed by atoms with E-state index in [1.54, 1.807) is 0 Å². The summed E-state index contributed by atoms with van der Waals surface area (Å²) in [4.78, 5) is 2.25. The highest BCUT2D eigenvalue weighted by molar-refractivity contribution is 6.00. The Morgan fingerprint density at radius 2 is 2.07 bits per heavy atom. The van der Waals surface area contributed by atoms with Gasteiger partial charge in [0.1, 0.15) is 5.84 Å². The van der Waals surface area contributed by atoms with E-state index in [1.165, 1.54) is 18.4 Å². The number of hydrogen-bond donors (Lipinski definition) is 1. The second-order valence-corrected chi connectivity index (χ2v) is 4.71. The maximum atomic E-state index is 8.17.